The molecule has 0 bridgehead atoms. The Morgan fingerprint density at radius 3 is 2.64 bits per heavy atom. The Bertz CT molecular complexity index is 1080. The highest BCUT2D eigenvalue weighted by molar-refractivity contribution is 7.99. The SMILES string of the molecule is CCCCn1c(SCC(=O)Nc2ccccc2)nc2cc(S(N)(=O)=O)ccc21. The number of anilines is 1. The molecule has 2 aromatic carbocycles. The van der Waals surface area contributed by atoms with Crippen LogP contribution in [0.5, 0.6) is 0 Å². The first-order valence-electron chi connectivity index (χ1n) is 8.89. The summed E-state index contributed by atoms with van der Waals surface area (Å²) >= 11 is 1.32. The van der Waals surface area contributed by atoms with Crippen LogP contribution in [-0.2, 0) is 21.4 Å². The number of primary sulfonamides is 1. The number of sulfonamides is 1. The second-order valence-electron chi connectivity index (χ2n) is 6.30. The zero-order chi connectivity index (χ0) is 20.1. The largest absolute Gasteiger partial charge is 0.325 e. The van der Waals surface area contributed by atoms with Gasteiger partial charge in [0.1, 0.15) is 0 Å². The first-order valence-corrected chi connectivity index (χ1v) is 11.4. The van der Waals surface area contributed by atoms with E-state index >= 15 is 0 Å². The molecular weight excluding hydrogens is 396 g/mol. The van der Waals surface area contributed by atoms with E-state index in [0.717, 1.165) is 30.6 Å². The number of hydrogen-bond donors (Lipinski definition) is 2. The second kappa shape index (κ2) is 8.76. The number of hydrogen-bond acceptors (Lipinski definition) is 5. The van der Waals surface area contributed by atoms with Crippen LogP contribution in [-0.4, -0.2) is 29.6 Å². The molecular formula is C19H22N4O3S2. The van der Waals surface area contributed by atoms with Crippen LogP contribution in [0.15, 0.2) is 58.6 Å². The third kappa shape index (κ3) is 4.92. The number of rotatable bonds is 8. The molecule has 1 heterocycles. The number of benzene rings is 2. The zero-order valence-corrected chi connectivity index (χ0v) is 17.1. The molecule has 9 heteroatoms. The number of carbonyl (C=O) groups excluding carboxylic acids is 1. The minimum Gasteiger partial charge on any atom is -0.325 e. The number of unbranched alkanes of at least 4 members (excludes halogenated alkanes) is 1. The fourth-order valence-corrected chi connectivity index (χ4v) is 4.13. The smallest absolute Gasteiger partial charge is 0.238 e. The Kier molecular flexibility index (Phi) is 6.38. The number of aryl methyl sites for hydroxylation is 1. The molecule has 0 aliphatic carbocycles. The van der Waals surface area contributed by atoms with Crippen molar-refractivity contribution in [2.45, 2.75) is 36.4 Å². The normalized spacial score (nSPS) is 11.6. The molecule has 0 saturated heterocycles. The van der Waals surface area contributed by atoms with E-state index < -0.39 is 10.0 Å². The van der Waals surface area contributed by atoms with Crippen LogP contribution in [0.3, 0.4) is 0 Å². The quantitative estimate of drug-likeness (QED) is 0.546. The van der Waals surface area contributed by atoms with Crippen molar-refractivity contribution in [3.63, 3.8) is 0 Å². The molecule has 0 aliphatic heterocycles. The maximum atomic E-state index is 12.2. The van der Waals surface area contributed by atoms with Crippen LogP contribution in [0, 0.1) is 0 Å². The Hall–Kier alpha value is -2.36. The Labute approximate surface area is 168 Å². The first-order chi connectivity index (χ1) is 13.4. The van der Waals surface area contributed by atoms with Gasteiger partial charge in [-0.05, 0) is 36.8 Å². The lowest BCUT2D eigenvalue weighted by atomic mass is 10.3. The number of carbonyl (C=O) groups is 1. The maximum absolute atomic E-state index is 12.2. The maximum Gasteiger partial charge on any atom is 0.238 e. The van der Waals surface area contributed by atoms with Crippen LogP contribution < -0.4 is 10.5 Å². The Morgan fingerprint density at radius 1 is 1.21 bits per heavy atom. The number of fused-ring (bicyclic) bond motifs is 1. The van der Waals surface area contributed by atoms with Gasteiger partial charge < -0.3 is 9.88 Å². The highest BCUT2D eigenvalue weighted by Crippen LogP contribution is 2.26. The predicted molar refractivity (Wildman–Crippen MR) is 112 cm³/mol. The van der Waals surface area contributed by atoms with Gasteiger partial charge in [-0.3, -0.25) is 4.79 Å². The van der Waals surface area contributed by atoms with Crippen molar-refractivity contribution in [2.24, 2.45) is 5.14 Å². The van der Waals surface area contributed by atoms with Crippen molar-refractivity contribution in [1.82, 2.24) is 9.55 Å². The standard InChI is InChI=1S/C19H22N4O3S2/c1-2-3-11-23-17-10-9-15(28(20,25)26)12-16(17)22-19(23)27-13-18(24)21-14-7-5-4-6-8-14/h4-10,12H,2-3,11,13H2,1H3,(H,21,24)(H2,20,25,26). The fourth-order valence-electron chi connectivity index (χ4n) is 2.76. The van der Waals surface area contributed by atoms with E-state index in [1.807, 2.05) is 34.9 Å². The van der Waals surface area contributed by atoms with E-state index in [-0.39, 0.29) is 16.6 Å². The number of para-hydroxylation sites is 1. The number of thioether (sulfide) groups is 1. The van der Waals surface area contributed by atoms with Gasteiger partial charge in [0.15, 0.2) is 5.16 Å². The zero-order valence-electron chi connectivity index (χ0n) is 15.5. The number of aromatic nitrogens is 2. The third-order valence-corrected chi connectivity index (χ3v) is 6.03. The third-order valence-electron chi connectivity index (χ3n) is 4.14. The topological polar surface area (TPSA) is 107 Å². The molecule has 7 nitrogen and oxygen atoms in total. The molecule has 0 saturated carbocycles. The molecule has 3 aromatic rings. The number of imidazole rings is 1. The van der Waals surface area contributed by atoms with Gasteiger partial charge in [-0.2, -0.15) is 0 Å². The summed E-state index contributed by atoms with van der Waals surface area (Å²) in [4.78, 5) is 16.8. The summed E-state index contributed by atoms with van der Waals surface area (Å²) in [5.41, 5.74) is 2.12. The first kappa shape index (κ1) is 20.4. The summed E-state index contributed by atoms with van der Waals surface area (Å²) in [6.45, 7) is 2.84. The van der Waals surface area contributed by atoms with Crippen molar-refractivity contribution in [1.29, 1.82) is 0 Å². The molecule has 148 valence electrons. The minimum atomic E-state index is -3.80. The summed E-state index contributed by atoms with van der Waals surface area (Å²) in [5, 5.41) is 8.75. The van der Waals surface area contributed by atoms with E-state index in [9.17, 15) is 13.2 Å². The number of nitrogens with two attached hydrogens (primary N) is 1. The molecule has 3 N–H and O–H groups in total. The highest BCUT2D eigenvalue weighted by atomic mass is 32.2. The average molecular weight is 419 g/mol. The number of nitrogens with zero attached hydrogens (tertiary/aromatic N) is 2. The summed E-state index contributed by atoms with van der Waals surface area (Å²) in [6, 6.07) is 13.9. The lowest BCUT2D eigenvalue weighted by Gasteiger charge is -2.09. The van der Waals surface area contributed by atoms with Crippen LogP contribution in [0.4, 0.5) is 5.69 Å². The molecule has 0 atom stereocenters. The fraction of sp³-hybridized carbons (Fsp3) is 0.263. The van der Waals surface area contributed by atoms with Gasteiger partial charge >= 0.3 is 0 Å². The van der Waals surface area contributed by atoms with E-state index in [0.29, 0.717) is 10.7 Å². The summed E-state index contributed by atoms with van der Waals surface area (Å²) < 4.78 is 25.2. The van der Waals surface area contributed by atoms with Crippen LogP contribution in [0.2, 0.25) is 0 Å². The molecule has 0 aliphatic rings. The van der Waals surface area contributed by atoms with Gasteiger partial charge in [0, 0.05) is 12.2 Å². The molecule has 1 aromatic heterocycles. The Morgan fingerprint density at radius 2 is 1.96 bits per heavy atom. The highest BCUT2D eigenvalue weighted by Gasteiger charge is 2.16. The minimum absolute atomic E-state index is 0.0264. The van der Waals surface area contributed by atoms with E-state index in [2.05, 4.69) is 17.2 Å². The van der Waals surface area contributed by atoms with Gasteiger partial charge in [0.2, 0.25) is 15.9 Å². The molecule has 0 spiro atoms. The van der Waals surface area contributed by atoms with E-state index in [1.165, 1.54) is 23.9 Å². The summed E-state index contributed by atoms with van der Waals surface area (Å²) in [7, 11) is -3.80. The summed E-state index contributed by atoms with van der Waals surface area (Å²) in [5.74, 6) is 0.0716. The Balaban J connectivity index is 1.83. The van der Waals surface area contributed by atoms with E-state index in [4.69, 9.17) is 5.14 Å². The molecule has 28 heavy (non-hydrogen) atoms. The van der Waals surface area contributed by atoms with Crippen molar-refractivity contribution < 1.29 is 13.2 Å². The van der Waals surface area contributed by atoms with E-state index in [1.54, 1.807) is 6.07 Å². The van der Waals surface area contributed by atoms with Crippen molar-refractivity contribution in [3.05, 3.63) is 48.5 Å². The average Bonchev–Trinajstić information content (AvgIpc) is 3.01. The number of nitrogens with one attached hydrogen (secondary N) is 1. The van der Waals surface area contributed by atoms with Gasteiger partial charge in [-0.1, -0.05) is 43.3 Å². The van der Waals surface area contributed by atoms with Gasteiger partial charge in [-0.25, -0.2) is 18.5 Å². The molecule has 3 rings (SSSR count). The monoisotopic (exact) mass is 418 g/mol. The van der Waals surface area contributed by atoms with Gasteiger partial charge in [0.25, 0.3) is 0 Å². The second-order valence-corrected chi connectivity index (χ2v) is 8.80. The molecule has 0 fully saturated rings. The van der Waals surface area contributed by atoms with Crippen LogP contribution >= 0.6 is 11.8 Å². The number of amides is 1. The predicted octanol–water partition coefficient (Wildman–Crippen LogP) is 3.21. The van der Waals surface area contributed by atoms with Crippen LogP contribution in [0.25, 0.3) is 11.0 Å². The molecule has 0 radical (unpaired) electrons. The van der Waals surface area contributed by atoms with Crippen molar-refractivity contribution in [2.75, 3.05) is 11.1 Å². The molecule has 1 amide bonds. The lowest BCUT2D eigenvalue weighted by molar-refractivity contribution is -0.113. The van der Waals surface area contributed by atoms with Gasteiger partial charge in [-0.15, -0.1) is 0 Å². The van der Waals surface area contributed by atoms with Gasteiger partial charge in [0.05, 0.1) is 21.7 Å². The van der Waals surface area contributed by atoms with Crippen molar-refractivity contribution >= 4 is 44.4 Å². The molecule has 0 unspecified atom stereocenters. The van der Waals surface area contributed by atoms with Crippen molar-refractivity contribution in [3.8, 4) is 0 Å². The summed E-state index contributed by atoms with van der Waals surface area (Å²) in [6.07, 6.45) is 1.96. The lowest BCUT2D eigenvalue weighted by Crippen LogP contribution is -2.14. The van der Waals surface area contributed by atoms with Crippen LogP contribution in [0.1, 0.15) is 19.8 Å².